The highest BCUT2D eigenvalue weighted by atomic mass is 79.9. The molecule has 2 rings (SSSR count). The molecule has 1 aromatic rings. The number of Topliss-reactive ketones (excluding diaryl/α,β-unsaturated/α-hetero) is 2. The van der Waals surface area contributed by atoms with Gasteiger partial charge in [-0.15, -0.1) is 0 Å². The maximum Gasteiger partial charge on any atom is 0.169 e. The molecule has 2 unspecified atom stereocenters. The van der Waals surface area contributed by atoms with E-state index in [1.807, 2.05) is 6.07 Å². The molecule has 112 valence electrons. The summed E-state index contributed by atoms with van der Waals surface area (Å²) in [4.78, 5) is 24.7. The Bertz CT molecular complexity index is 669. The van der Waals surface area contributed by atoms with Crippen LogP contribution >= 0.6 is 15.9 Å². The fourth-order valence-corrected chi connectivity index (χ4v) is 3.27. The first-order valence-corrected chi connectivity index (χ1v) is 7.91. The minimum atomic E-state index is -0.780. The maximum absolute atomic E-state index is 13.0. The molecule has 0 radical (unpaired) electrons. The largest absolute Gasteiger partial charge is 0.298 e. The van der Waals surface area contributed by atoms with Crippen LogP contribution in [-0.4, -0.2) is 11.6 Å². The normalized spacial score (nSPS) is 24.3. The Labute approximate surface area is 137 Å². The minimum Gasteiger partial charge on any atom is -0.298 e. The predicted molar refractivity (Wildman–Crippen MR) is 83.7 cm³/mol. The van der Waals surface area contributed by atoms with Crippen molar-refractivity contribution in [2.45, 2.75) is 32.1 Å². The molecular formula is C17H15BrN2O2. The predicted octanol–water partition coefficient (Wildman–Crippen LogP) is 3.81. The average Bonchev–Trinajstić information content (AvgIpc) is 2.54. The van der Waals surface area contributed by atoms with Crippen molar-refractivity contribution in [3.8, 4) is 12.1 Å². The van der Waals surface area contributed by atoms with E-state index in [4.69, 9.17) is 10.5 Å². The Morgan fingerprint density at radius 2 is 2.00 bits per heavy atom. The van der Waals surface area contributed by atoms with Crippen LogP contribution in [0.15, 0.2) is 28.7 Å². The fraction of sp³-hybridized carbons (Fsp3) is 0.412. The number of carbonyl (C=O) groups is 2. The molecule has 0 spiro atoms. The van der Waals surface area contributed by atoms with Crippen LogP contribution in [0.1, 0.15) is 42.5 Å². The summed E-state index contributed by atoms with van der Waals surface area (Å²) in [5, 5.41) is 18.0. The minimum absolute atomic E-state index is 0.0667. The van der Waals surface area contributed by atoms with Crippen molar-refractivity contribution in [2.24, 2.45) is 11.3 Å². The lowest BCUT2D eigenvalue weighted by atomic mass is 9.63. The van der Waals surface area contributed by atoms with Gasteiger partial charge in [0, 0.05) is 28.3 Å². The van der Waals surface area contributed by atoms with E-state index < -0.39 is 11.3 Å². The molecule has 2 atom stereocenters. The van der Waals surface area contributed by atoms with Crippen LogP contribution in [0.3, 0.4) is 0 Å². The Morgan fingerprint density at radius 3 is 2.59 bits per heavy atom. The van der Waals surface area contributed by atoms with Crippen molar-refractivity contribution in [1.29, 1.82) is 10.5 Å². The monoisotopic (exact) mass is 358 g/mol. The Balaban J connectivity index is 2.35. The molecule has 1 aliphatic rings. The van der Waals surface area contributed by atoms with Crippen LogP contribution in [0.4, 0.5) is 0 Å². The first-order chi connectivity index (χ1) is 10.5. The fourth-order valence-electron chi connectivity index (χ4n) is 3.01. The van der Waals surface area contributed by atoms with Gasteiger partial charge in [-0.1, -0.05) is 28.1 Å². The van der Waals surface area contributed by atoms with Gasteiger partial charge in [0.15, 0.2) is 5.78 Å². The van der Waals surface area contributed by atoms with Gasteiger partial charge < -0.3 is 0 Å². The summed E-state index contributed by atoms with van der Waals surface area (Å²) in [5.41, 5.74) is -0.218. The number of rotatable bonds is 4. The third kappa shape index (κ3) is 3.26. The smallest absolute Gasteiger partial charge is 0.169 e. The highest BCUT2D eigenvalue weighted by molar-refractivity contribution is 9.10. The van der Waals surface area contributed by atoms with Gasteiger partial charge in [-0.3, -0.25) is 9.59 Å². The van der Waals surface area contributed by atoms with E-state index in [1.54, 1.807) is 24.3 Å². The Hall–Kier alpha value is -1.98. The molecule has 0 aromatic heterocycles. The summed E-state index contributed by atoms with van der Waals surface area (Å²) in [5.74, 6) is -0.909. The molecule has 0 bridgehead atoms. The van der Waals surface area contributed by atoms with E-state index >= 15 is 0 Å². The lowest BCUT2D eigenvalue weighted by Crippen LogP contribution is -2.40. The van der Waals surface area contributed by atoms with Crippen molar-refractivity contribution in [3.63, 3.8) is 0 Å². The zero-order chi connectivity index (χ0) is 16.2. The average molecular weight is 359 g/mol. The van der Waals surface area contributed by atoms with Crippen LogP contribution < -0.4 is 0 Å². The molecule has 0 heterocycles. The highest BCUT2D eigenvalue weighted by Crippen LogP contribution is 2.44. The molecule has 1 fully saturated rings. The third-order valence-electron chi connectivity index (χ3n) is 4.29. The number of nitrogens with zero attached hydrogens (tertiary/aromatic N) is 2. The first kappa shape index (κ1) is 16.4. The van der Waals surface area contributed by atoms with Crippen LogP contribution in [0.25, 0.3) is 0 Å². The van der Waals surface area contributed by atoms with E-state index in [2.05, 4.69) is 22.0 Å². The van der Waals surface area contributed by atoms with Crippen molar-refractivity contribution in [1.82, 2.24) is 0 Å². The lowest BCUT2D eigenvalue weighted by molar-refractivity contribution is -0.124. The van der Waals surface area contributed by atoms with Gasteiger partial charge in [0.25, 0.3) is 0 Å². The van der Waals surface area contributed by atoms with Crippen LogP contribution in [0, 0.1) is 34.0 Å². The van der Waals surface area contributed by atoms with Crippen molar-refractivity contribution in [2.75, 3.05) is 0 Å². The molecule has 0 saturated heterocycles. The summed E-state index contributed by atoms with van der Waals surface area (Å²) in [6.45, 7) is 0. The molecule has 5 heteroatoms. The second kappa shape index (κ2) is 6.85. The van der Waals surface area contributed by atoms with Gasteiger partial charge in [0.1, 0.15) is 11.7 Å². The standard InChI is InChI=1S/C17H15BrN2O2/c18-14-4-2-12(3-5-14)16(22)17(7-1-9-19)8-6-15(21)13(10-17)11-20/h2-5,13H,1,6-8,10H2. The highest BCUT2D eigenvalue weighted by Gasteiger charge is 2.45. The summed E-state index contributed by atoms with van der Waals surface area (Å²) in [6.07, 6.45) is 1.50. The number of halogens is 1. The summed E-state index contributed by atoms with van der Waals surface area (Å²) < 4.78 is 0.879. The second-order valence-corrected chi connectivity index (χ2v) is 6.54. The van der Waals surface area contributed by atoms with Gasteiger partial charge in [0.05, 0.1) is 12.1 Å². The van der Waals surface area contributed by atoms with Gasteiger partial charge >= 0.3 is 0 Å². The molecule has 1 aromatic carbocycles. The topological polar surface area (TPSA) is 81.7 Å². The summed E-state index contributed by atoms with van der Waals surface area (Å²) in [7, 11) is 0. The quantitative estimate of drug-likeness (QED) is 0.766. The summed E-state index contributed by atoms with van der Waals surface area (Å²) in [6, 6.07) is 11.1. The molecule has 22 heavy (non-hydrogen) atoms. The number of carbonyl (C=O) groups excluding carboxylic acids is 2. The molecule has 1 saturated carbocycles. The molecule has 1 aliphatic carbocycles. The van der Waals surface area contributed by atoms with Crippen LogP contribution in [0.2, 0.25) is 0 Å². The van der Waals surface area contributed by atoms with E-state index in [0.29, 0.717) is 18.4 Å². The van der Waals surface area contributed by atoms with Crippen molar-refractivity contribution < 1.29 is 9.59 Å². The second-order valence-electron chi connectivity index (χ2n) is 5.63. The molecule has 0 N–H and O–H groups in total. The Morgan fingerprint density at radius 1 is 1.32 bits per heavy atom. The molecule has 4 nitrogen and oxygen atoms in total. The van der Waals surface area contributed by atoms with E-state index in [0.717, 1.165) is 4.47 Å². The summed E-state index contributed by atoms with van der Waals surface area (Å²) >= 11 is 3.33. The zero-order valence-electron chi connectivity index (χ0n) is 12.0. The number of nitriles is 2. The van der Waals surface area contributed by atoms with Crippen LogP contribution in [-0.2, 0) is 4.79 Å². The Kier molecular flexibility index (Phi) is 5.11. The zero-order valence-corrected chi connectivity index (χ0v) is 13.6. The number of ketones is 2. The SMILES string of the molecule is N#CCCC1(C(=O)c2ccc(Br)cc2)CCC(=O)C(C#N)C1. The van der Waals surface area contributed by atoms with E-state index in [1.165, 1.54) is 0 Å². The first-order valence-electron chi connectivity index (χ1n) is 7.12. The molecule has 0 aliphatic heterocycles. The van der Waals surface area contributed by atoms with Crippen molar-refractivity contribution >= 4 is 27.5 Å². The van der Waals surface area contributed by atoms with Gasteiger partial charge in [0.2, 0.25) is 0 Å². The number of hydrogen-bond acceptors (Lipinski definition) is 4. The third-order valence-corrected chi connectivity index (χ3v) is 4.82. The van der Waals surface area contributed by atoms with Crippen molar-refractivity contribution in [3.05, 3.63) is 34.3 Å². The number of hydrogen-bond donors (Lipinski definition) is 0. The number of benzene rings is 1. The molecular weight excluding hydrogens is 344 g/mol. The van der Waals surface area contributed by atoms with Gasteiger partial charge in [-0.2, -0.15) is 10.5 Å². The lowest BCUT2D eigenvalue weighted by Gasteiger charge is -2.36. The maximum atomic E-state index is 13.0. The van der Waals surface area contributed by atoms with Gasteiger partial charge in [-0.05, 0) is 31.4 Å². The van der Waals surface area contributed by atoms with Gasteiger partial charge in [-0.25, -0.2) is 0 Å². The molecule has 0 amide bonds. The van der Waals surface area contributed by atoms with E-state index in [9.17, 15) is 9.59 Å². The van der Waals surface area contributed by atoms with E-state index in [-0.39, 0.29) is 30.8 Å². The van der Waals surface area contributed by atoms with Crippen LogP contribution in [0.5, 0.6) is 0 Å².